The first-order valence-electron chi connectivity index (χ1n) is 9.61. The van der Waals surface area contributed by atoms with Crippen LogP contribution < -0.4 is 5.32 Å². The predicted octanol–water partition coefficient (Wildman–Crippen LogP) is 5.39. The van der Waals surface area contributed by atoms with E-state index in [4.69, 9.17) is 0 Å². The molecule has 1 aliphatic heterocycles. The van der Waals surface area contributed by atoms with Gasteiger partial charge < -0.3 is 14.8 Å². The van der Waals surface area contributed by atoms with Crippen molar-refractivity contribution in [2.24, 2.45) is 0 Å². The first-order chi connectivity index (χ1) is 13.5. The number of hydrogen-bond donors (Lipinski definition) is 1. The molecule has 2 amide bonds. The van der Waals surface area contributed by atoms with Gasteiger partial charge in [0.15, 0.2) is 0 Å². The fraction of sp³-hybridized carbons (Fsp3) is 0.261. The van der Waals surface area contributed by atoms with Gasteiger partial charge in [-0.25, -0.2) is 9.18 Å². The quantitative estimate of drug-likeness (QED) is 0.653. The average Bonchev–Trinajstić information content (AvgIpc) is 3.17. The molecule has 0 spiro atoms. The van der Waals surface area contributed by atoms with Crippen molar-refractivity contribution in [1.82, 2.24) is 9.47 Å². The maximum absolute atomic E-state index is 14.6. The fourth-order valence-corrected chi connectivity index (χ4v) is 3.77. The zero-order valence-electron chi connectivity index (χ0n) is 16.1. The normalized spacial score (nSPS) is 16.1. The number of halogens is 1. The highest BCUT2D eigenvalue weighted by atomic mass is 19.1. The lowest BCUT2D eigenvalue weighted by molar-refractivity contribution is 0.180. The van der Waals surface area contributed by atoms with E-state index < -0.39 is 6.04 Å². The number of carbonyl (C=O) groups is 1. The highest BCUT2D eigenvalue weighted by Gasteiger charge is 2.33. The van der Waals surface area contributed by atoms with Gasteiger partial charge in [-0.15, -0.1) is 0 Å². The summed E-state index contributed by atoms with van der Waals surface area (Å²) in [5.74, 6) is 0.131. The van der Waals surface area contributed by atoms with Crippen molar-refractivity contribution in [3.8, 4) is 0 Å². The van der Waals surface area contributed by atoms with E-state index in [0.29, 0.717) is 24.6 Å². The minimum Gasteiger partial charge on any atom is -0.348 e. The number of hydrogen-bond acceptors (Lipinski definition) is 1. The van der Waals surface area contributed by atoms with Gasteiger partial charge in [-0.05, 0) is 41.8 Å². The molecule has 4 rings (SSSR count). The Labute approximate surface area is 164 Å². The summed E-state index contributed by atoms with van der Waals surface area (Å²) in [7, 11) is 0. The van der Waals surface area contributed by atoms with Crippen LogP contribution in [0, 0.1) is 5.82 Å². The molecule has 0 bridgehead atoms. The average molecular weight is 377 g/mol. The molecule has 0 radical (unpaired) electrons. The number of rotatable bonds is 3. The number of carbonyl (C=O) groups excluding carboxylic acids is 1. The number of urea groups is 1. The molecule has 1 aliphatic rings. The zero-order chi connectivity index (χ0) is 19.7. The molecule has 2 heterocycles. The molecule has 0 saturated heterocycles. The number of amides is 2. The van der Waals surface area contributed by atoms with Gasteiger partial charge in [0.25, 0.3) is 0 Å². The summed E-state index contributed by atoms with van der Waals surface area (Å²) in [6, 6.07) is 17.8. The molecule has 1 N–H and O–H groups in total. The number of aromatic nitrogens is 1. The highest BCUT2D eigenvalue weighted by molar-refractivity contribution is 5.90. The third kappa shape index (κ3) is 3.40. The first-order valence-corrected chi connectivity index (χ1v) is 9.61. The monoisotopic (exact) mass is 377 g/mol. The van der Waals surface area contributed by atoms with E-state index >= 15 is 0 Å². The third-order valence-electron chi connectivity index (χ3n) is 5.33. The first kappa shape index (κ1) is 18.3. The topological polar surface area (TPSA) is 37.3 Å². The highest BCUT2D eigenvalue weighted by Crippen LogP contribution is 2.34. The van der Waals surface area contributed by atoms with Gasteiger partial charge in [-0.2, -0.15) is 0 Å². The van der Waals surface area contributed by atoms with E-state index in [2.05, 4.69) is 23.7 Å². The van der Waals surface area contributed by atoms with Gasteiger partial charge in [-0.3, -0.25) is 0 Å². The fourth-order valence-electron chi connectivity index (χ4n) is 3.77. The Balaban J connectivity index is 1.63. The van der Waals surface area contributed by atoms with E-state index in [1.807, 2.05) is 42.6 Å². The van der Waals surface area contributed by atoms with Crippen LogP contribution in [0.15, 0.2) is 66.9 Å². The largest absolute Gasteiger partial charge is 0.348 e. The van der Waals surface area contributed by atoms with Crippen molar-refractivity contribution >= 4 is 11.7 Å². The van der Waals surface area contributed by atoms with Crippen molar-refractivity contribution < 1.29 is 9.18 Å². The second-order valence-corrected chi connectivity index (χ2v) is 7.45. The van der Waals surface area contributed by atoms with Crippen molar-refractivity contribution in [2.45, 2.75) is 32.4 Å². The maximum Gasteiger partial charge on any atom is 0.322 e. The molecule has 2 aromatic carbocycles. The summed E-state index contributed by atoms with van der Waals surface area (Å²) in [4.78, 5) is 14.8. The van der Waals surface area contributed by atoms with Crippen molar-refractivity contribution in [3.63, 3.8) is 0 Å². The molecule has 1 unspecified atom stereocenters. The Morgan fingerprint density at radius 3 is 2.50 bits per heavy atom. The molecule has 28 heavy (non-hydrogen) atoms. The number of nitrogens with zero attached hydrogens (tertiary/aromatic N) is 2. The number of fused-ring (bicyclic) bond motifs is 1. The molecule has 0 saturated carbocycles. The molecule has 3 aromatic rings. The Hall–Kier alpha value is -3.08. The van der Waals surface area contributed by atoms with Crippen LogP contribution in [0.1, 0.15) is 42.6 Å². The minimum absolute atomic E-state index is 0.224. The summed E-state index contributed by atoms with van der Waals surface area (Å²) < 4.78 is 16.7. The molecule has 1 atom stereocenters. The Bertz CT molecular complexity index is 978. The van der Waals surface area contributed by atoms with Crippen LogP contribution in [0.5, 0.6) is 0 Å². The van der Waals surface area contributed by atoms with Crippen LogP contribution in [0.3, 0.4) is 0 Å². The van der Waals surface area contributed by atoms with E-state index in [9.17, 15) is 9.18 Å². The second kappa shape index (κ2) is 7.50. The molecule has 0 aliphatic carbocycles. The third-order valence-corrected chi connectivity index (χ3v) is 5.33. The van der Waals surface area contributed by atoms with Crippen molar-refractivity contribution in [3.05, 3.63) is 89.5 Å². The summed E-state index contributed by atoms with van der Waals surface area (Å²) in [5, 5.41) is 2.98. The molecule has 0 fully saturated rings. The Morgan fingerprint density at radius 2 is 1.79 bits per heavy atom. The summed E-state index contributed by atoms with van der Waals surface area (Å²) >= 11 is 0. The van der Waals surface area contributed by atoms with Gasteiger partial charge in [0, 0.05) is 36.2 Å². The lowest BCUT2D eigenvalue weighted by atomic mass is 9.99. The lowest BCUT2D eigenvalue weighted by Crippen LogP contribution is -2.44. The van der Waals surface area contributed by atoms with E-state index in [-0.39, 0.29) is 11.8 Å². The molecule has 1 aromatic heterocycles. The summed E-state index contributed by atoms with van der Waals surface area (Å²) in [5.41, 5.74) is 3.38. The van der Waals surface area contributed by atoms with E-state index in [1.54, 1.807) is 23.1 Å². The number of nitrogens with one attached hydrogen (secondary N) is 1. The van der Waals surface area contributed by atoms with Crippen LogP contribution in [-0.2, 0) is 6.54 Å². The SMILES string of the molecule is CC(C)c1ccc(NC(=O)N2CCn3cccc3C2c2ccccc2F)cc1. The maximum atomic E-state index is 14.6. The molecular weight excluding hydrogens is 353 g/mol. The minimum atomic E-state index is -0.458. The molecular formula is C23H24FN3O. The summed E-state index contributed by atoms with van der Waals surface area (Å²) in [6.45, 7) is 5.47. The van der Waals surface area contributed by atoms with Crippen LogP contribution in [0.25, 0.3) is 0 Å². The van der Waals surface area contributed by atoms with Crippen LogP contribution in [-0.4, -0.2) is 22.0 Å². The van der Waals surface area contributed by atoms with Crippen molar-refractivity contribution in [2.75, 3.05) is 11.9 Å². The van der Waals surface area contributed by atoms with E-state index in [0.717, 1.165) is 11.4 Å². The molecule has 5 heteroatoms. The van der Waals surface area contributed by atoms with Gasteiger partial charge in [-0.1, -0.05) is 44.2 Å². The standard InChI is InChI=1S/C23H24FN3O/c1-16(2)17-9-11-18(12-10-17)25-23(28)27-15-14-26-13-5-8-21(26)22(27)19-6-3-4-7-20(19)24/h3-13,16,22H,14-15H2,1-2H3,(H,25,28). The number of benzene rings is 2. The Morgan fingerprint density at radius 1 is 1.04 bits per heavy atom. The second-order valence-electron chi connectivity index (χ2n) is 7.45. The number of anilines is 1. The smallest absolute Gasteiger partial charge is 0.322 e. The van der Waals surface area contributed by atoms with E-state index in [1.165, 1.54) is 11.6 Å². The molecule has 4 nitrogen and oxygen atoms in total. The van der Waals surface area contributed by atoms with Crippen LogP contribution in [0.2, 0.25) is 0 Å². The van der Waals surface area contributed by atoms with Gasteiger partial charge in [0.1, 0.15) is 11.9 Å². The van der Waals surface area contributed by atoms with Crippen LogP contribution in [0.4, 0.5) is 14.9 Å². The summed E-state index contributed by atoms with van der Waals surface area (Å²) in [6.07, 6.45) is 1.98. The van der Waals surface area contributed by atoms with Crippen LogP contribution >= 0.6 is 0 Å². The lowest BCUT2D eigenvalue weighted by Gasteiger charge is -2.37. The molecule has 144 valence electrons. The van der Waals surface area contributed by atoms with Gasteiger partial charge in [0.05, 0.1) is 0 Å². The Kier molecular flexibility index (Phi) is 4.90. The van der Waals surface area contributed by atoms with Gasteiger partial charge >= 0.3 is 6.03 Å². The van der Waals surface area contributed by atoms with Gasteiger partial charge in [0.2, 0.25) is 0 Å². The zero-order valence-corrected chi connectivity index (χ0v) is 16.1. The predicted molar refractivity (Wildman–Crippen MR) is 109 cm³/mol. The van der Waals surface area contributed by atoms with Crippen molar-refractivity contribution in [1.29, 1.82) is 0 Å².